The van der Waals surface area contributed by atoms with Crippen LogP contribution in [0.15, 0.2) is 30.3 Å². The zero-order valence-corrected chi connectivity index (χ0v) is 11.3. The predicted octanol–water partition coefficient (Wildman–Crippen LogP) is 2.65. The number of aliphatic carboxylic acids is 1. The molecule has 5 heteroatoms. The van der Waals surface area contributed by atoms with Crippen molar-refractivity contribution in [3.8, 4) is 0 Å². The normalized spacial score (nSPS) is 18.6. The molecule has 108 valence electrons. The largest absolute Gasteiger partial charge is 0.481 e. The molecule has 1 aliphatic rings. The van der Waals surface area contributed by atoms with Gasteiger partial charge in [-0.1, -0.05) is 30.3 Å². The van der Waals surface area contributed by atoms with Crippen LogP contribution in [0, 0.1) is 0 Å². The Morgan fingerprint density at radius 2 is 2.00 bits per heavy atom. The topological polar surface area (TPSA) is 66.8 Å². The van der Waals surface area contributed by atoms with Crippen molar-refractivity contribution in [2.24, 2.45) is 0 Å². The third-order valence-corrected chi connectivity index (χ3v) is 3.48. The molecule has 1 aromatic rings. The van der Waals surface area contributed by atoms with Crippen LogP contribution in [0.4, 0.5) is 4.79 Å². The molecule has 1 fully saturated rings. The number of likely N-dealkylation sites (tertiary alicyclic amines) is 1. The van der Waals surface area contributed by atoms with Crippen molar-refractivity contribution < 1.29 is 19.4 Å². The second-order valence-corrected chi connectivity index (χ2v) is 4.98. The standard InChI is InChI=1S/C15H19NO4/c17-14(18)10-13-8-4-5-9-16(13)15(19)20-11-12-6-2-1-3-7-12/h1-3,6-7,13H,4-5,8-11H2,(H,17,18)/t13-/m1/s1. The lowest BCUT2D eigenvalue weighted by atomic mass is 10.00. The maximum absolute atomic E-state index is 12.1. The molecule has 0 unspecified atom stereocenters. The van der Waals surface area contributed by atoms with E-state index < -0.39 is 12.1 Å². The fraction of sp³-hybridized carbons (Fsp3) is 0.467. The molecule has 0 aromatic heterocycles. The molecule has 1 aromatic carbocycles. The Kier molecular flexibility index (Phi) is 4.98. The zero-order valence-electron chi connectivity index (χ0n) is 11.3. The van der Waals surface area contributed by atoms with E-state index in [9.17, 15) is 9.59 Å². The first kappa shape index (κ1) is 14.4. The fourth-order valence-electron chi connectivity index (χ4n) is 2.46. The number of piperidine rings is 1. The summed E-state index contributed by atoms with van der Waals surface area (Å²) in [5, 5.41) is 8.89. The molecule has 2 rings (SSSR count). The van der Waals surface area contributed by atoms with Gasteiger partial charge < -0.3 is 14.7 Å². The molecule has 0 spiro atoms. The first-order valence-corrected chi connectivity index (χ1v) is 6.86. The Morgan fingerprint density at radius 3 is 2.70 bits per heavy atom. The van der Waals surface area contributed by atoms with E-state index in [1.54, 1.807) is 4.90 Å². The van der Waals surface area contributed by atoms with E-state index in [1.807, 2.05) is 30.3 Å². The fourth-order valence-corrected chi connectivity index (χ4v) is 2.46. The summed E-state index contributed by atoms with van der Waals surface area (Å²) in [6.07, 6.45) is 2.16. The molecular formula is C15H19NO4. The van der Waals surface area contributed by atoms with Crippen LogP contribution >= 0.6 is 0 Å². The summed E-state index contributed by atoms with van der Waals surface area (Å²) in [5.74, 6) is -0.877. The highest BCUT2D eigenvalue weighted by Crippen LogP contribution is 2.21. The average Bonchev–Trinajstić information content (AvgIpc) is 2.46. The molecule has 20 heavy (non-hydrogen) atoms. The van der Waals surface area contributed by atoms with Crippen LogP contribution < -0.4 is 0 Å². The van der Waals surface area contributed by atoms with Crippen molar-refractivity contribution in [3.05, 3.63) is 35.9 Å². The molecule has 0 aliphatic carbocycles. The van der Waals surface area contributed by atoms with Crippen LogP contribution in [0.25, 0.3) is 0 Å². The number of carbonyl (C=O) groups excluding carboxylic acids is 1. The summed E-state index contributed by atoms with van der Waals surface area (Å²) in [6, 6.07) is 9.20. The van der Waals surface area contributed by atoms with E-state index >= 15 is 0 Å². The molecule has 0 bridgehead atoms. The number of rotatable bonds is 4. The lowest BCUT2D eigenvalue weighted by Gasteiger charge is -2.34. The van der Waals surface area contributed by atoms with Crippen LogP contribution in [0.2, 0.25) is 0 Å². The number of benzene rings is 1. The van der Waals surface area contributed by atoms with E-state index in [0.717, 1.165) is 24.8 Å². The van der Waals surface area contributed by atoms with Crippen LogP contribution in [-0.2, 0) is 16.1 Å². The van der Waals surface area contributed by atoms with Gasteiger partial charge in [0.05, 0.1) is 6.42 Å². The Bertz CT molecular complexity index is 460. The van der Waals surface area contributed by atoms with Crippen molar-refractivity contribution in [3.63, 3.8) is 0 Å². The molecule has 1 N–H and O–H groups in total. The van der Waals surface area contributed by atoms with Gasteiger partial charge in [-0.25, -0.2) is 4.79 Å². The van der Waals surface area contributed by atoms with Gasteiger partial charge in [0.1, 0.15) is 6.61 Å². The smallest absolute Gasteiger partial charge is 0.410 e. The van der Waals surface area contributed by atoms with Gasteiger partial charge in [-0.2, -0.15) is 0 Å². The summed E-state index contributed by atoms with van der Waals surface area (Å²) in [7, 11) is 0. The quantitative estimate of drug-likeness (QED) is 0.918. The maximum Gasteiger partial charge on any atom is 0.410 e. The Hall–Kier alpha value is -2.04. The second-order valence-electron chi connectivity index (χ2n) is 4.98. The van der Waals surface area contributed by atoms with Crippen LogP contribution in [-0.4, -0.2) is 34.7 Å². The monoisotopic (exact) mass is 277 g/mol. The Balaban J connectivity index is 1.90. The molecular weight excluding hydrogens is 258 g/mol. The van der Waals surface area contributed by atoms with Gasteiger partial charge >= 0.3 is 12.1 Å². The minimum absolute atomic E-state index is 0.0135. The highest BCUT2D eigenvalue weighted by molar-refractivity contribution is 5.71. The molecule has 0 radical (unpaired) electrons. The average molecular weight is 277 g/mol. The van der Waals surface area contributed by atoms with E-state index in [0.29, 0.717) is 6.54 Å². The first-order chi connectivity index (χ1) is 9.66. The van der Waals surface area contributed by atoms with Gasteiger partial charge in [0.2, 0.25) is 0 Å². The predicted molar refractivity (Wildman–Crippen MR) is 73.2 cm³/mol. The van der Waals surface area contributed by atoms with Crippen molar-refractivity contribution in [2.45, 2.75) is 38.3 Å². The number of hydrogen-bond donors (Lipinski definition) is 1. The first-order valence-electron chi connectivity index (χ1n) is 6.86. The number of carbonyl (C=O) groups is 2. The third kappa shape index (κ3) is 3.98. The highest BCUT2D eigenvalue weighted by Gasteiger charge is 2.29. The Labute approximate surface area is 118 Å². The zero-order chi connectivity index (χ0) is 14.4. The number of amides is 1. The number of nitrogens with zero attached hydrogens (tertiary/aromatic N) is 1. The number of carboxylic acids is 1. The van der Waals surface area contributed by atoms with Gasteiger partial charge in [-0.3, -0.25) is 4.79 Å². The summed E-state index contributed by atoms with van der Waals surface area (Å²) in [4.78, 5) is 24.5. The van der Waals surface area contributed by atoms with E-state index in [2.05, 4.69) is 0 Å². The highest BCUT2D eigenvalue weighted by atomic mass is 16.6. The summed E-state index contributed by atoms with van der Waals surface area (Å²) < 4.78 is 5.27. The van der Waals surface area contributed by atoms with Crippen LogP contribution in [0.1, 0.15) is 31.2 Å². The third-order valence-electron chi connectivity index (χ3n) is 3.48. The van der Waals surface area contributed by atoms with Crippen molar-refractivity contribution in [1.82, 2.24) is 4.90 Å². The van der Waals surface area contributed by atoms with Crippen molar-refractivity contribution in [1.29, 1.82) is 0 Å². The minimum Gasteiger partial charge on any atom is -0.481 e. The molecule has 1 atom stereocenters. The number of ether oxygens (including phenoxy) is 1. The lowest BCUT2D eigenvalue weighted by Crippen LogP contribution is -2.44. The van der Waals surface area contributed by atoms with E-state index in [-0.39, 0.29) is 19.1 Å². The summed E-state index contributed by atoms with van der Waals surface area (Å²) in [6.45, 7) is 0.793. The Morgan fingerprint density at radius 1 is 1.25 bits per heavy atom. The van der Waals surface area contributed by atoms with E-state index in [1.165, 1.54) is 0 Å². The van der Waals surface area contributed by atoms with Crippen LogP contribution in [0.5, 0.6) is 0 Å². The van der Waals surface area contributed by atoms with Gasteiger partial charge in [0, 0.05) is 12.6 Å². The number of hydrogen-bond acceptors (Lipinski definition) is 3. The van der Waals surface area contributed by atoms with E-state index in [4.69, 9.17) is 9.84 Å². The molecule has 1 amide bonds. The SMILES string of the molecule is O=C(O)C[C@H]1CCCCN1C(=O)OCc1ccccc1. The molecule has 1 heterocycles. The summed E-state index contributed by atoms with van der Waals surface area (Å²) in [5.41, 5.74) is 0.924. The van der Waals surface area contributed by atoms with Gasteiger partial charge in [-0.15, -0.1) is 0 Å². The van der Waals surface area contributed by atoms with Gasteiger partial charge in [0.15, 0.2) is 0 Å². The molecule has 5 nitrogen and oxygen atoms in total. The van der Waals surface area contributed by atoms with Crippen molar-refractivity contribution >= 4 is 12.1 Å². The minimum atomic E-state index is -0.877. The van der Waals surface area contributed by atoms with Gasteiger partial charge in [-0.05, 0) is 24.8 Å². The van der Waals surface area contributed by atoms with Crippen molar-refractivity contribution in [2.75, 3.05) is 6.54 Å². The maximum atomic E-state index is 12.1. The molecule has 1 aliphatic heterocycles. The lowest BCUT2D eigenvalue weighted by molar-refractivity contribution is -0.138. The number of carboxylic acid groups (broad SMARTS) is 1. The second kappa shape index (κ2) is 6.93. The summed E-state index contributed by atoms with van der Waals surface area (Å²) >= 11 is 0. The molecule has 0 saturated carbocycles. The molecule has 1 saturated heterocycles. The van der Waals surface area contributed by atoms with Gasteiger partial charge in [0.25, 0.3) is 0 Å². The van der Waals surface area contributed by atoms with Crippen LogP contribution in [0.3, 0.4) is 0 Å².